The van der Waals surface area contributed by atoms with Gasteiger partial charge in [-0.05, 0) is 30.4 Å². The summed E-state index contributed by atoms with van der Waals surface area (Å²) in [5, 5.41) is 21.6. The predicted molar refractivity (Wildman–Crippen MR) is 91.8 cm³/mol. The smallest absolute Gasteiger partial charge is 0.237 e. The lowest BCUT2D eigenvalue weighted by molar-refractivity contribution is -0.124. The lowest BCUT2D eigenvalue weighted by Gasteiger charge is -2.36. The number of fused-ring (bicyclic) bond motifs is 5. The van der Waals surface area contributed by atoms with Crippen LogP contribution in [0.2, 0.25) is 0 Å². The summed E-state index contributed by atoms with van der Waals surface area (Å²) in [6.45, 7) is 4.08. The quantitative estimate of drug-likeness (QED) is 0.894. The van der Waals surface area contributed by atoms with E-state index in [1.807, 2.05) is 26.0 Å². The molecule has 2 aromatic rings. The molecule has 2 aliphatic carbocycles. The Bertz CT molecular complexity index is 1000. The number of hydrogen-bond donors (Lipinski definition) is 1. The standard InChI is InChI=1S/C19H16N6O/c1-18(2)12-3-6-19(18,17(26)23-11-4-7-22-8-5-11)16-15(12)24-13(9-20)14(10-21)25-16/h4-5,7-8,12H,3,6H2,1-2H3,(H,22,23,26). The normalized spacial score (nSPS) is 24.4. The van der Waals surface area contributed by atoms with Gasteiger partial charge in [0.05, 0.1) is 16.8 Å². The molecule has 2 heterocycles. The van der Waals surface area contributed by atoms with Crippen LogP contribution in [0.3, 0.4) is 0 Å². The van der Waals surface area contributed by atoms with Crippen molar-refractivity contribution in [3.8, 4) is 12.1 Å². The second kappa shape index (κ2) is 5.34. The molecule has 0 spiro atoms. The zero-order chi connectivity index (χ0) is 18.5. The van der Waals surface area contributed by atoms with Gasteiger partial charge in [0.15, 0.2) is 11.4 Å². The zero-order valence-corrected chi connectivity index (χ0v) is 14.4. The molecular weight excluding hydrogens is 328 g/mol. The van der Waals surface area contributed by atoms with Crippen molar-refractivity contribution < 1.29 is 4.79 Å². The molecule has 0 aliphatic heterocycles. The summed E-state index contributed by atoms with van der Waals surface area (Å²) in [4.78, 5) is 26.2. The monoisotopic (exact) mass is 344 g/mol. The predicted octanol–water partition coefficient (Wildman–Crippen LogP) is 2.41. The molecule has 1 saturated carbocycles. The summed E-state index contributed by atoms with van der Waals surface area (Å²) in [5.74, 6) is -0.120. The number of carbonyl (C=O) groups is 1. The molecular formula is C19H16N6O. The van der Waals surface area contributed by atoms with Crippen LogP contribution in [-0.4, -0.2) is 20.9 Å². The molecule has 7 nitrogen and oxygen atoms in total. The number of hydrogen-bond acceptors (Lipinski definition) is 6. The molecule has 0 aromatic carbocycles. The molecule has 2 aromatic heterocycles. The van der Waals surface area contributed by atoms with E-state index < -0.39 is 10.8 Å². The van der Waals surface area contributed by atoms with Crippen molar-refractivity contribution in [3.05, 3.63) is 47.3 Å². The first-order valence-electron chi connectivity index (χ1n) is 8.40. The Hall–Kier alpha value is -3.32. The number of pyridine rings is 1. The first-order valence-corrected chi connectivity index (χ1v) is 8.40. The lowest BCUT2D eigenvalue weighted by Crippen LogP contribution is -2.46. The zero-order valence-electron chi connectivity index (χ0n) is 14.4. The second-order valence-electron chi connectivity index (χ2n) is 7.29. The minimum absolute atomic E-state index is 0.0225. The van der Waals surface area contributed by atoms with Crippen LogP contribution in [-0.2, 0) is 10.2 Å². The van der Waals surface area contributed by atoms with Crippen LogP contribution in [0.5, 0.6) is 0 Å². The van der Waals surface area contributed by atoms with Crippen molar-refractivity contribution in [1.29, 1.82) is 10.5 Å². The lowest BCUT2D eigenvalue weighted by atomic mass is 9.67. The van der Waals surface area contributed by atoms with Crippen LogP contribution in [0.1, 0.15) is 55.4 Å². The number of aromatic nitrogens is 3. The third kappa shape index (κ3) is 1.86. The number of nitrogens with zero attached hydrogens (tertiary/aromatic N) is 5. The highest BCUT2D eigenvalue weighted by Crippen LogP contribution is 2.67. The van der Waals surface area contributed by atoms with Crippen molar-refractivity contribution in [2.45, 2.75) is 38.0 Å². The summed E-state index contributed by atoms with van der Waals surface area (Å²) in [7, 11) is 0. The van der Waals surface area contributed by atoms with Gasteiger partial charge in [-0.25, -0.2) is 9.97 Å². The SMILES string of the molecule is CC1(C)C2CCC1(C(=O)Nc1ccncc1)c1nc(C#N)c(C#N)nc12. The summed E-state index contributed by atoms with van der Waals surface area (Å²) in [5.41, 5.74) is 0.609. The number of amides is 1. The Labute approximate surface area is 150 Å². The summed E-state index contributed by atoms with van der Waals surface area (Å²) in [6.07, 6.45) is 4.67. The maximum atomic E-state index is 13.4. The fourth-order valence-electron chi connectivity index (χ4n) is 4.59. The van der Waals surface area contributed by atoms with E-state index in [1.165, 1.54) is 0 Å². The van der Waals surface area contributed by atoms with E-state index in [-0.39, 0.29) is 23.2 Å². The fourth-order valence-corrected chi connectivity index (χ4v) is 4.59. The van der Waals surface area contributed by atoms with Crippen LogP contribution in [0, 0.1) is 28.1 Å². The average molecular weight is 344 g/mol. The average Bonchev–Trinajstić information content (AvgIpc) is 3.03. The molecule has 128 valence electrons. The van der Waals surface area contributed by atoms with E-state index >= 15 is 0 Å². The third-order valence-electron chi connectivity index (χ3n) is 5.97. The molecule has 7 heteroatoms. The minimum Gasteiger partial charge on any atom is -0.325 e. The first-order chi connectivity index (χ1) is 12.5. The largest absolute Gasteiger partial charge is 0.325 e. The molecule has 0 radical (unpaired) electrons. The number of nitrogens with one attached hydrogen (secondary N) is 1. The van der Waals surface area contributed by atoms with Gasteiger partial charge >= 0.3 is 0 Å². The van der Waals surface area contributed by atoms with Crippen LogP contribution in [0.25, 0.3) is 0 Å². The van der Waals surface area contributed by atoms with E-state index in [1.54, 1.807) is 24.5 Å². The van der Waals surface area contributed by atoms with Crippen molar-refractivity contribution in [2.75, 3.05) is 5.32 Å². The van der Waals surface area contributed by atoms with Crippen LogP contribution in [0.15, 0.2) is 24.5 Å². The van der Waals surface area contributed by atoms with E-state index in [4.69, 9.17) is 0 Å². The van der Waals surface area contributed by atoms with Gasteiger partial charge in [0.2, 0.25) is 5.91 Å². The highest BCUT2D eigenvalue weighted by molar-refractivity contribution is 6.01. The van der Waals surface area contributed by atoms with E-state index in [9.17, 15) is 15.3 Å². The summed E-state index contributed by atoms with van der Waals surface area (Å²) >= 11 is 0. The number of carbonyl (C=O) groups excluding carboxylic acids is 1. The van der Waals surface area contributed by atoms with Gasteiger partial charge in [0.1, 0.15) is 12.1 Å². The second-order valence-corrected chi connectivity index (χ2v) is 7.29. The molecule has 1 fully saturated rings. The fraction of sp³-hybridized carbons (Fsp3) is 0.368. The van der Waals surface area contributed by atoms with Gasteiger partial charge in [-0.2, -0.15) is 10.5 Å². The Morgan fingerprint density at radius 3 is 2.50 bits per heavy atom. The highest BCUT2D eigenvalue weighted by Gasteiger charge is 2.68. The maximum absolute atomic E-state index is 13.4. The molecule has 2 bridgehead atoms. The van der Waals surface area contributed by atoms with Gasteiger partial charge in [0.25, 0.3) is 0 Å². The van der Waals surface area contributed by atoms with Crippen molar-refractivity contribution in [2.24, 2.45) is 5.41 Å². The van der Waals surface area contributed by atoms with Crippen molar-refractivity contribution in [3.63, 3.8) is 0 Å². The van der Waals surface area contributed by atoms with Gasteiger partial charge in [-0.3, -0.25) is 9.78 Å². The third-order valence-corrected chi connectivity index (χ3v) is 5.97. The number of nitriles is 2. The Morgan fingerprint density at radius 1 is 1.19 bits per heavy atom. The maximum Gasteiger partial charge on any atom is 0.237 e. The van der Waals surface area contributed by atoms with Crippen LogP contribution >= 0.6 is 0 Å². The highest BCUT2D eigenvalue weighted by atomic mass is 16.2. The Kier molecular flexibility index (Phi) is 3.32. The van der Waals surface area contributed by atoms with Crippen LogP contribution in [0.4, 0.5) is 5.69 Å². The topological polar surface area (TPSA) is 115 Å². The molecule has 2 atom stereocenters. The molecule has 0 saturated heterocycles. The van der Waals surface area contributed by atoms with Gasteiger partial charge < -0.3 is 5.32 Å². The van der Waals surface area contributed by atoms with Crippen molar-refractivity contribution in [1.82, 2.24) is 15.0 Å². The van der Waals surface area contributed by atoms with Gasteiger partial charge in [-0.15, -0.1) is 0 Å². The molecule has 1 amide bonds. The van der Waals surface area contributed by atoms with E-state index in [0.717, 1.165) is 6.42 Å². The van der Waals surface area contributed by atoms with Crippen molar-refractivity contribution >= 4 is 11.6 Å². The minimum atomic E-state index is -0.872. The van der Waals surface area contributed by atoms with E-state index in [0.29, 0.717) is 23.5 Å². The number of anilines is 1. The molecule has 26 heavy (non-hydrogen) atoms. The first kappa shape index (κ1) is 16.2. The molecule has 1 N–H and O–H groups in total. The number of rotatable bonds is 2. The summed E-state index contributed by atoms with van der Waals surface area (Å²) < 4.78 is 0. The van der Waals surface area contributed by atoms with Crippen LogP contribution < -0.4 is 5.32 Å². The van der Waals surface area contributed by atoms with E-state index in [2.05, 4.69) is 20.3 Å². The Morgan fingerprint density at radius 2 is 1.85 bits per heavy atom. The molecule has 4 rings (SSSR count). The van der Waals surface area contributed by atoms with Gasteiger partial charge in [-0.1, -0.05) is 13.8 Å². The van der Waals surface area contributed by atoms with Gasteiger partial charge in [0, 0.05) is 24.0 Å². The summed E-state index contributed by atoms with van der Waals surface area (Å²) in [6, 6.07) is 7.34. The molecule has 2 aliphatic rings. The molecule has 2 unspecified atom stereocenters. The Balaban J connectivity index is 1.88.